The molecule has 0 aliphatic carbocycles. The Morgan fingerprint density at radius 3 is 2.47 bits per heavy atom. The molecule has 4 rings (SSSR count). The predicted molar refractivity (Wildman–Crippen MR) is 126 cm³/mol. The zero-order valence-electron chi connectivity index (χ0n) is 19.7. The quantitative estimate of drug-likeness (QED) is 0.397. The maximum Gasteiger partial charge on any atom is 0.263 e. The lowest BCUT2D eigenvalue weighted by Crippen LogP contribution is -2.22. The number of carbonyl (C=O) groups excluding carboxylic acids is 1. The molecular formula is C24H27N7O3. The lowest BCUT2D eigenvalue weighted by molar-refractivity contribution is -0.118. The number of aryl methyl sites for hydroxylation is 4. The van der Waals surface area contributed by atoms with Crippen LogP contribution in [-0.2, 0) is 11.2 Å². The van der Waals surface area contributed by atoms with Crippen molar-refractivity contribution in [3.63, 3.8) is 0 Å². The number of ether oxygens (including phenoxy) is 1. The Morgan fingerprint density at radius 2 is 1.76 bits per heavy atom. The average molecular weight is 462 g/mol. The molecule has 3 aromatic heterocycles. The second-order valence-corrected chi connectivity index (χ2v) is 8.01. The molecule has 0 spiro atoms. The molecule has 10 heteroatoms. The van der Waals surface area contributed by atoms with Crippen molar-refractivity contribution < 1.29 is 14.1 Å². The molecule has 0 unspecified atom stereocenters. The van der Waals surface area contributed by atoms with Gasteiger partial charge in [0, 0.05) is 29.4 Å². The van der Waals surface area contributed by atoms with Gasteiger partial charge in [0.2, 0.25) is 11.7 Å². The standard InChI is InChI=1S/C24H27N7O3/c1-5-6-7-22-28-23(30-34-22)18-8-10-19(11-9-18)33-14-21(32)27-20-13-17(4)29-31(20)24-25-15(2)12-16(3)26-24/h8-13H,5-7,14H2,1-4H3,(H,27,32). The van der Waals surface area contributed by atoms with Gasteiger partial charge in [-0.2, -0.15) is 14.8 Å². The average Bonchev–Trinajstić information content (AvgIpc) is 3.42. The minimum Gasteiger partial charge on any atom is -0.484 e. The van der Waals surface area contributed by atoms with Crippen LogP contribution in [-0.4, -0.2) is 42.4 Å². The maximum absolute atomic E-state index is 12.5. The normalized spacial score (nSPS) is 10.9. The molecule has 1 aromatic carbocycles. The van der Waals surface area contributed by atoms with Crippen molar-refractivity contribution in [3.8, 4) is 23.1 Å². The van der Waals surface area contributed by atoms with Crippen LogP contribution in [0.1, 0.15) is 42.7 Å². The minimum atomic E-state index is -0.326. The third-order valence-corrected chi connectivity index (χ3v) is 4.95. The molecule has 0 bridgehead atoms. The Kier molecular flexibility index (Phi) is 6.95. The van der Waals surface area contributed by atoms with E-state index < -0.39 is 0 Å². The topological polar surface area (TPSA) is 121 Å². The summed E-state index contributed by atoms with van der Waals surface area (Å²) in [7, 11) is 0. The minimum absolute atomic E-state index is 0.166. The van der Waals surface area contributed by atoms with Crippen molar-refractivity contribution in [2.45, 2.75) is 47.0 Å². The molecule has 0 radical (unpaired) electrons. The van der Waals surface area contributed by atoms with Gasteiger partial charge < -0.3 is 14.6 Å². The zero-order chi connectivity index (χ0) is 24.1. The van der Waals surface area contributed by atoms with Crippen LogP contribution >= 0.6 is 0 Å². The zero-order valence-corrected chi connectivity index (χ0v) is 19.7. The van der Waals surface area contributed by atoms with Crippen molar-refractivity contribution in [2.24, 2.45) is 0 Å². The number of aromatic nitrogens is 6. The molecule has 34 heavy (non-hydrogen) atoms. The van der Waals surface area contributed by atoms with Crippen LogP contribution in [0.2, 0.25) is 0 Å². The molecule has 0 aliphatic rings. The van der Waals surface area contributed by atoms with Gasteiger partial charge >= 0.3 is 0 Å². The Morgan fingerprint density at radius 1 is 1.03 bits per heavy atom. The number of benzene rings is 1. The summed E-state index contributed by atoms with van der Waals surface area (Å²) in [6, 6.07) is 10.8. The summed E-state index contributed by atoms with van der Waals surface area (Å²) in [5.41, 5.74) is 3.18. The number of hydrogen-bond donors (Lipinski definition) is 1. The lowest BCUT2D eigenvalue weighted by atomic mass is 10.2. The molecule has 4 aromatic rings. The van der Waals surface area contributed by atoms with Crippen molar-refractivity contribution in [1.29, 1.82) is 0 Å². The van der Waals surface area contributed by atoms with Crippen LogP contribution in [0.15, 0.2) is 40.9 Å². The molecule has 0 saturated heterocycles. The summed E-state index contributed by atoms with van der Waals surface area (Å²) in [5, 5.41) is 11.3. The number of nitrogens with zero attached hydrogens (tertiary/aromatic N) is 6. The van der Waals surface area contributed by atoms with Crippen LogP contribution in [0.4, 0.5) is 5.82 Å². The maximum atomic E-state index is 12.5. The van der Waals surface area contributed by atoms with E-state index in [4.69, 9.17) is 9.26 Å². The molecule has 0 fully saturated rings. The van der Waals surface area contributed by atoms with Gasteiger partial charge in [-0.1, -0.05) is 18.5 Å². The highest BCUT2D eigenvalue weighted by atomic mass is 16.5. The Bertz CT molecular complexity index is 1260. The SMILES string of the molecule is CCCCc1nc(-c2ccc(OCC(=O)Nc3cc(C)nn3-c3nc(C)cc(C)n3)cc2)no1. The molecule has 0 atom stereocenters. The van der Waals surface area contributed by atoms with Gasteiger partial charge in [0.15, 0.2) is 6.61 Å². The third kappa shape index (κ3) is 5.64. The Hall–Kier alpha value is -4.08. The molecule has 1 amide bonds. The van der Waals surface area contributed by atoms with Crippen molar-refractivity contribution in [3.05, 3.63) is 59.4 Å². The van der Waals surface area contributed by atoms with Crippen molar-refractivity contribution >= 4 is 11.7 Å². The number of nitrogens with one attached hydrogen (secondary N) is 1. The fourth-order valence-electron chi connectivity index (χ4n) is 3.37. The van der Waals surface area contributed by atoms with Crippen molar-refractivity contribution in [2.75, 3.05) is 11.9 Å². The first-order chi connectivity index (χ1) is 16.4. The Balaban J connectivity index is 1.37. The number of amides is 1. The number of carbonyl (C=O) groups is 1. The molecule has 3 heterocycles. The van der Waals surface area contributed by atoms with Gasteiger partial charge in [-0.3, -0.25) is 4.79 Å². The van der Waals surface area contributed by atoms with E-state index in [2.05, 4.69) is 37.4 Å². The number of anilines is 1. The Labute approximate surface area is 197 Å². The van der Waals surface area contributed by atoms with Gasteiger partial charge in [-0.25, -0.2) is 9.97 Å². The third-order valence-electron chi connectivity index (χ3n) is 4.95. The summed E-state index contributed by atoms with van der Waals surface area (Å²) in [4.78, 5) is 25.8. The van der Waals surface area contributed by atoms with E-state index >= 15 is 0 Å². The van der Waals surface area contributed by atoms with Gasteiger partial charge in [-0.05, 0) is 57.5 Å². The number of hydrogen-bond acceptors (Lipinski definition) is 8. The van der Waals surface area contributed by atoms with Gasteiger partial charge in [0.25, 0.3) is 11.9 Å². The molecular weight excluding hydrogens is 434 g/mol. The van der Waals surface area contributed by atoms with E-state index in [-0.39, 0.29) is 12.5 Å². The number of unbranched alkanes of at least 4 members (excludes halogenated alkanes) is 1. The fraction of sp³-hybridized carbons (Fsp3) is 0.333. The van der Waals surface area contributed by atoms with E-state index in [9.17, 15) is 4.79 Å². The van der Waals surface area contributed by atoms with E-state index in [1.165, 1.54) is 4.68 Å². The predicted octanol–water partition coefficient (Wildman–Crippen LogP) is 4.00. The molecule has 10 nitrogen and oxygen atoms in total. The molecule has 0 saturated carbocycles. The van der Waals surface area contributed by atoms with Crippen LogP contribution < -0.4 is 10.1 Å². The lowest BCUT2D eigenvalue weighted by Gasteiger charge is -2.10. The first kappa shape index (κ1) is 23.1. The second-order valence-electron chi connectivity index (χ2n) is 8.01. The summed E-state index contributed by atoms with van der Waals surface area (Å²) < 4.78 is 12.4. The van der Waals surface area contributed by atoms with Crippen molar-refractivity contribution in [1.82, 2.24) is 29.9 Å². The number of rotatable bonds is 9. The van der Waals surface area contributed by atoms with E-state index in [1.807, 2.05) is 39.0 Å². The largest absolute Gasteiger partial charge is 0.484 e. The van der Waals surface area contributed by atoms with Gasteiger partial charge in [0.1, 0.15) is 11.6 Å². The van der Waals surface area contributed by atoms with Crippen LogP contribution in [0.5, 0.6) is 5.75 Å². The first-order valence-electron chi connectivity index (χ1n) is 11.2. The van der Waals surface area contributed by atoms with E-state index in [1.54, 1.807) is 18.2 Å². The van der Waals surface area contributed by atoms with Gasteiger partial charge in [0.05, 0.1) is 5.69 Å². The highest BCUT2D eigenvalue weighted by Crippen LogP contribution is 2.21. The van der Waals surface area contributed by atoms with E-state index in [0.717, 1.165) is 41.9 Å². The molecule has 0 aliphatic heterocycles. The van der Waals surface area contributed by atoms with Crippen LogP contribution in [0.3, 0.4) is 0 Å². The summed E-state index contributed by atoms with van der Waals surface area (Å²) in [6.45, 7) is 7.56. The smallest absolute Gasteiger partial charge is 0.263 e. The fourth-order valence-corrected chi connectivity index (χ4v) is 3.37. The van der Waals surface area contributed by atoms with Gasteiger partial charge in [-0.15, -0.1) is 0 Å². The first-order valence-corrected chi connectivity index (χ1v) is 11.2. The summed E-state index contributed by atoms with van der Waals surface area (Å²) in [6.07, 6.45) is 2.85. The van der Waals surface area contributed by atoms with Crippen LogP contribution in [0, 0.1) is 20.8 Å². The monoisotopic (exact) mass is 461 g/mol. The molecule has 176 valence electrons. The highest BCUT2D eigenvalue weighted by molar-refractivity contribution is 5.91. The summed E-state index contributed by atoms with van der Waals surface area (Å²) >= 11 is 0. The summed E-state index contributed by atoms with van der Waals surface area (Å²) in [5.74, 6) is 2.27. The van der Waals surface area contributed by atoms with E-state index in [0.29, 0.717) is 29.2 Å². The highest BCUT2D eigenvalue weighted by Gasteiger charge is 2.14. The molecule has 1 N–H and O–H groups in total. The van der Waals surface area contributed by atoms with Crippen LogP contribution in [0.25, 0.3) is 17.3 Å². The second kappa shape index (κ2) is 10.2.